The van der Waals surface area contributed by atoms with E-state index in [1.807, 2.05) is 0 Å². The maximum Gasteiger partial charge on any atom is 0.313 e. The molecular formula is C22H17FN2O5. The minimum absolute atomic E-state index is 0.309. The van der Waals surface area contributed by atoms with Crippen LogP contribution < -0.4 is 10.1 Å². The molecule has 0 bridgehead atoms. The Bertz CT molecular complexity index is 1060. The maximum absolute atomic E-state index is 13.5. The monoisotopic (exact) mass is 408 g/mol. The standard InChI is InChI=1S/C22H17FN2O5/c23-17-11-12-19(25(28)29)20(13-17)30-21(26)14-18(15-7-3-1-4-8-15)24-22(27)16-9-5-2-6-10-16/h1-13,18H,14H2,(H,24,27). The number of halogens is 1. The molecule has 30 heavy (non-hydrogen) atoms. The number of hydrogen-bond donors (Lipinski definition) is 1. The van der Waals surface area contributed by atoms with Gasteiger partial charge in [0, 0.05) is 17.7 Å². The summed E-state index contributed by atoms with van der Waals surface area (Å²) < 4.78 is 18.5. The topological polar surface area (TPSA) is 98.5 Å². The number of carbonyl (C=O) groups is 2. The number of nitro groups is 1. The Kier molecular flexibility index (Phi) is 6.49. The zero-order valence-electron chi connectivity index (χ0n) is 15.7. The van der Waals surface area contributed by atoms with Crippen molar-refractivity contribution < 1.29 is 23.6 Å². The molecule has 7 nitrogen and oxygen atoms in total. The Morgan fingerprint density at radius 1 is 1.00 bits per heavy atom. The van der Waals surface area contributed by atoms with Crippen LogP contribution in [0.15, 0.2) is 78.9 Å². The lowest BCUT2D eigenvalue weighted by Gasteiger charge is -2.18. The highest BCUT2D eigenvalue weighted by molar-refractivity contribution is 5.94. The van der Waals surface area contributed by atoms with E-state index in [-0.39, 0.29) is 6.42 Å². The number of esters is 1. The van der Waals surface area contributed by atoms with Crippen molar-refractivity contribution >= 4 is 17.6 Å². The van der Waals surface area contributed by atoms with Crippen LogP contribution >= 0.6 is 0 Å². The number of nitrogens with one attached hydrogen (secondary N) is 1. The zero-order chi connectivity index (χ0) is 21.5. The Morgan fingerprint density at radius 3 is 2.27 bits per heavy atom. The number of nitro benzene ring substituents is 1. The van der Waals surface area contributed by atoms with Crippen LogP contribution in [-0.4, -0.2) is 16.8 Å². The third-order valence-electron chi connectivity index (χ3n) is 4.26. The minimum atomic E-state index is -0.856. The van der Waals surface area contributed by atoms with Crippen molar-refractivity contribution in [2.45, 2.75) is 12.5 Å². The second kappa shape index (κ2) is 9.42. The number of ether oxygens (including phenoxy) is 1. The minimum Gasteiger partial charge on any atom is -0.419 e. The molecule has 3 aromatic carbocycles. The SMILES string of the molecule is O=C(CC(NC(=O)c1ccccc1)c1ccccc1)Oc1cc(F)ccc1[N+](=O)[O-]. The van der Waals surface area contributed by atoms with Crippen molar-refractivity contribution in [3.63, 3.8) is 0 Å². The van der Waals surface area contributed by atoms with E-state index in [4.69, 9.17) is 4.74 Å². The Morgan fingerprint density at radius 2 is 1.63 bits per heavy atom. The van der Waals surface area contributed by atoms with E-state index in [9.17, 15) is 24.1 Å². The van der Waals surface area contributed by atoms with E-state index in [1.54, 1.807) is 60.7 Å². The molecule has 1 atom stereocenters. The molecule has 3 aromatic rings. The number of hydrogen-bond acceptors (Lipinski definition) is 5. The Balaban J connectivity index is 1.80. The lowest BCUT2D eigenvalue weighted by atomic mass is 10.0. The first kappa shape index (κ1) is 20.7. The van der Waals surface area contributed by atoms with Gasteiger partial charge in [0.15, 0.2) is 0 Å². The van der Waals surface area contributed by atoms with Crippen LogP contribution in [0.25, 0.3) is 0 Å². The molecule has 1 unspecified atom stereocenters. The molecule has 3 rings (SSSR count). The summed E-state index contributed by atoms with van der Waals surface area (Å²) in [6, 6.07) is 19.1. The highest BCUT2D eigenvalue weighted by Crippen LogP contribution is 2.28. The van der Waals surface area contributed by atoms with Gasteiger partial charge in [-0.2, -0.15) is 0 Å². The molecule has 0 saturated heterocycles. The van der Waals surface area contributed by atoms with E-state index >= 15 is 0 Å². The predicted octanol–water partition coefficient (Wildman–Crippen LogP) is 4.20. The molecule has 0 aromatic heterocycles. The van der Waals surface area contributed by atoms with Crippen molar-refractivity contribution in [2.24, 2.45) is 0 Å². The van der Waals surface area contributed by atoms with Gasteiger partial charge < -0.3 is 10.1 Å². The van der Waals surface area contributed by atoms with Crippen LogP contribution in [0.2, 0.25) is 0 Å². The summed E-state index contributed by atoms with van der Waals surface area (Å²) in [6.07, 6.45) is -0.309. The molecule has 0 heterocycles. The summed E-state index contributed by atoms with van der Waals surface area (Å²) in [6.45, 7) is 0. The summed E-state index contributed by atoms with van der Waals surface area (Å²) in [4.78, 5) is 35.4. The van der Waals surface area contributed by atoms with Crippen LogP contribution in [0.1, 0.15) is 28.4 Å². The molecule has 1 amide bonds. The number of benzene rings is 3. The molecule has 152 valence electrons. The number of rotatable bonds is 7. The fourth-order valence-electron chi connectivity index (χ4n) is 2.82. The van der Waals surface area contributed by atoms with Crippen molar-refractivity contribution in [3.05, 3.63) is 106 Å². The van der Waals surface area contributed by atoms with Crippen LogP contribution in [0.5, 0.6) is 5.75 Å². The van der Waals surface area contributed by atoms with Crippen molar-refractivity contribution in [1.29, 1.82) is 0 Å². The lowest BCUT2D eigenvalue weighted by Crippen LogP contribution is -2.31. The summed E-state index contributed by atoms with van der Waals surface area (Å²) in [5.74, 6) is -2.52. The molecule has 0 spiro atoms. The number of nitrogens with zero attached hydrogens (tertiary/aromatic N) is 1. The van der Waals surface area contributed by atoms with E-state index in [1.165, 1.54) is 0 Å². The first-order chi connectivity index (χ1) is 14.4. The highest BCUT2D eigenvalue weighted by atomic mass is 19.1. The van der Waals surface area contributed by atoms with E-state index in [2.05, 4.69) is 5.32 Å². The second-order valence-electron chi connectivity index (χ2n) is 6.35. The molecule has 0 aliphatic heterocycles. The van der Waals surface area contributed by atoms with Crippen LogP contribution in [-0.2, 0) is 4.79 Å². The van der Waals surface area contributed by atoms with Gasteiger partial charge in [-0.1, -0.05) is 48.5 Å². The molecule has 0 radical (unpaired) electrons. The smallest absolute Gasteiger partial charge is 0.313 e. The van der Waals surface area contributed by atoms with Crippen molar-refractivity contribution in [3.8, 4) is 5.75 Å². The van der Waals surface area contributed by atoms with Gasteiger partial charge in [0.25, 0.3) is 5.91 Å². The molecule has 0 fully saturated rings. The van der Waals surface area contributed by atoms with Gasteiger partial charge in [0.1, 0.15) is 5.82 Å². The molecular weight excluding hydrogens is 391 g/mol. The Labute approximate surface area is 171 Å². The third-order valence-corrected chi connectivity index (χ3v) is 4.26. The average Bonchev–Trinajstić information content (AvgIpc) is 2.74. The maximum atomic E-state index is 13.5. The zero-order valence-corrected chi connectivity index (χ0v) is 15.7. The van der Waals surface area contributed by atoms with E-state index in [0.29, 0.717) is 11.1 Å². The van der Waals surface area contributed by atoms with Gasteiger partial charge >= 0.3 is 11.7 Å². The summed E-state index contributed by atoms with van der Waals surface area (Å²) in [5, 5.41) is 13.9. The molecule has 8 heteroatoms. The van der Waals surface area contributed by atoms with Gasteiger partial charge in [-0.3, -0.25) is 19.7 Å². The second-order valence-corrected chi connectivity index (χ2v) is 6.35. The molecule has 0 aliphatic carbocycles. The van der Waals surface area contributed by atoms with Gasteiger partial charge in [-0.05, 0) is 23.8 Å². The van der Waals surface area contributed by atoms with E-state index in [0.717, 1.165) is 18.2 Å². The molecule has 0 aliphatic rings. The highest BCUT2D eigenvalue weighted by Gasteiger charge is 2.23. The molecule has 1 N–H and O–H groups in total. The first-order valence-corrected chi connectivity index (χ1v) is 8.99. The number of amides is 1. The fourth-order valence-corrected chi connectivity index (χ4v) is 2.82. The largest absolute Gasteiger partial charge is 0.419 e. The average molecular weight is 408 g/mol. The van der Waals surface area contributed by atoms with Crippen LogP contribution in [0.4, 0.5) is 10.1 Å². The summed E-state index contributed by atoms with van der Waals surface area (Å²) in [7, 11) is 0. The summed E-state index contributed by atoms with van der Waals surface area (Å²) >= 11 is 0. The first-order valence-electron chi connectivity index (χ1n) is 8.99. The van der Waals surface area contributed by atoms with Crippen LogP contribution in [0.3, 0.4) is 0 Å². The third kappa shape index (κ3) is 5.26. The summed E-state index contributed by atoms with van der Waals surface area (Å²) in [5.41, 5.74) is 0.523. The van der Waals surface area contributed by atoms with Crippen molar-refractivity contribution in [2.75, 3.05) is 0 Å². The predicted molar refractivity (Wildman–Crippen MR) is 106 cm³/mol. The normalized spacial score (nSPS) is 11.4. The van der Waals surface area contributed by atoms with Gasteiger partial charge in [-0.25, -0.2) is 4.39 Å². The van der Waals surface area contributed by atoms with Gasteiger partial charge in [0.05, 0.1) is 17.4 Å². The quantitative estimate of drug-likeness (QED) is 0.273. The van der Waals surface area contributed by atoms with Gasteiger partial charge in [-0.15, -0.1) is 0 Å². The van der Waals surface area contributed by atoms with Crippen LogP contribution in [0, 0.1) is 15.9 Å². The van der Waals surface area contributed by atoms with Gasteiger partial charge in [0.2, 0.25) is 5.75 Å². The fraction of sp³-hybridized carbons (Fsp3) is 0.0909. The lowest BCUT2D eigenvalue weighted by molar-refractivity contribution is -0.385. The number of carbonyl (C=O) groups excluding carboxylic acids is 2. The Hall–Kier alpha value is -4.07. The van der Waals surface area contributed by atoms with Crippen molar-refractivity contribution in [1.82, 2.24) is 5.32 Å². The molecule has 0 saturated carbocycles. The van der Waals surface area contributed by atoms with E-state index < -0.39 is 40.1 Å².